The van der Waals surface area contributed by atoms with Crippen LogP contribution in [0, 0.1) is 0 Å². The van der Waals surface area contributed by atoms with Gasteiger partial charge in [-0.1, -0.05) is 74.5 Å². The summed E-state index contributed by atoms with van der Waals surface area (Å²) in [5.74, 6) is 1.68. The monoisotopic (exact) mass is 440 g/mol. The second kappa shape index (κ2) is 11.6. The lowest BCUT2D eigenvalue weighted by Gasteiger charge is -2.15. The van der Waals surface area contributed by atoms with Crippen molar-refractivity contribution >= 4 is 11.8 Å². The Hall–Kier alpha value is -2.70. The smallest absolute Gasteiger partial charge is 0.268 e. The van der Waals surface area contributed by atoms with Crippen molar-refractivity contribution < 1.29 is 24.1 Å². The topological polar surface area (TPSA) is 51.8 Å². The summed E-state index contributed by atoms with van der Waals surface area (Å²) in [6.45, 7) is 5.01. The fraction of sp³-hybridized carbons (Fsp3) is 0.320. The van der Waals surface area contributed by atoms with Gasteiger partial charge in [-0.2, -0.15) is 11.8 Å². The highest BCUT2D eigenvalue weighted by molar-refractivity contribution is 7.99. The number of nitrogens with zero attached hydrogens (tertiary/aromatic N) is 1. The van der Waals surface area contributed by atoms with Crippen LogP contribution in [-0.2, 0) is 13.2 Å². The van der Waals surface area contributed by atoms with Gasteiger partial charge in [0.25, 0.3) is 11.9 Å². The zero-order chi connectivity index (χ0) is 22.1. The molecule has 1 N–H and O–H groups in total. The minimum atomic E-state index is -0.699. The van der Waals surface area contributed by atoms with Gasteiger partial charge in [0.15, 0.2) is 11.9 Å². The fourth-order valence-corrected chi connectivity index (χ4v) is 3.71. The van der Waals surface area contributed by atoms with Crippen LogP contribution in [-0.4, -0.2) is 23.2 Å². The van der Waals surface area contributed by atoms with E-state index in [1.165, 1.54) is 0 Å². The average Bonchev–Trinajstić information content (AvgIpc) is 2.81. The number of aliphatic hydroxyl groups excluding tert-OH is 1. The molecule has 3 aromatic rings. The van der Waals surface area contributed by atoms with Gasteiger partial charge in [0.05, 0.1) is 6.07 Å². The van der Waals surface area contributed by atoms with E-state index in [0.717, 1.165) is 11.1 Å². The maximum Gasteiger partial charge on any atom is 0.268 e. The van der Waals surface area contributed by atoms with Gasteiger partial charge in [-0.15, -0.1) is 0 Å². The summed E-state index contributed by atoms with van der Waals surface area (Å²) in [4.78, 5) is 5.50. The van der Waals surface area contributed by atoms with Crippen LogP contribution in [0.15, 0.2) is 72.9 Å². The molecule has 0 bridgehead atoms. The highest BCUT2D eigenvalue weighted by Crippen LogP contribution is 2.31. The van der Waals surface area contributed by atoms with Gasteiger partial charge in [0.1, 0.15) is 20.3 Å². The summed E-state index contributed by atoms with van der Waals surface area (Å²) >= 11 is 1.69. The maximum absolute atomic E-state index is 10.8. The molecule has 3 rings (SSSR count). The second-order valence-corrected chi connectivity index (χ2v) is 8.99. The zero-order valence-electron chi connectivity index (χ0n) is 18.2. The molecule has 6 heteroatoms. The van der Waals surface area contributed by atoms with Crippen LogP contribution < -0.4 is 19.0 Å². The van der Waals surface area contributed by atoms with Crippen molar-refractivity contribution in [1.29, 1.82) is 0 Å². The lowest BCUT2D eigenvalue weighted by molar-refractivity contribution is -0.892. The first kappa shape index (κ1) is 23.0. The highest BCUT2D eigenvalue weighted by Gasteiger charge is 2.27. The Bertz CT molecular complexity index is 935. The standard InChI is InChI=1S/C25H30NO4S/c1-19(2)31-18-23(27)22-14-24(29-16-20-10-6-4-7-11-20)25(15-26(22)28-3)30-17-21-12-8-5-9-13-21/h4-15,19,23,27H,16-18H2,1-3H3/q+1. The SMILES string of the molecule is CO[n+]1cc(OCc2ccccc2)c(OCc2ccccc2)cc1C(O)CSC(C)C. The average molecular weight is 441 g/mol. The number of benzene rings is 2. The van der Waals surface area contributed by atoms with Crippen LogP contribution in [0.5, 0.6) is 11.5 Å². The van der Waals surface area contributed by atoms with E-state index in [1.54, 1.807) is 35.9 Å². The third kappa shape index (κ3) is 6.91. The number of pyridine rings is 1. The van der Waals surface area contributed by atoms with Crippen molar-refractivity contribution in [3.8, 4) is 11.5 Å². The summed E-state index contributed by atoms with van der Waals surface area (Å²) in [7, 11) is 1.57. The van der Waals surface area contributed by atoms with Gasteiger partial charge < -0.3 is 14.6 Å². The molecular weight excluding hydrogens is 410 g/mol. The van der Waals surface area contributed by atoms with Crippen LogP contribution in [0.3, 0.4) is 0 Å². The lowest BCUT2D eigenvalue weighted by Crippen LogP contribution is -2.45. The highest BCUT2D eigenvalue weighted by atomic mass is 32.2. The first-order valence-electron chi connectivity index (χ1n) is 10.3. The molecule has 0 saturated carbocycles. The van der Waals surface area contributed by atoms with Gasteiger partial charge in [0, 0.05) is 10.5 Å². The molecule has 1 unspecified atom stereocenters. The van der Waals surface area contributed by atoms with Crippen LogP contribution in [0.4, 0.5) is 0 Å². The van der Waals surface area contributed by atoms with E-state index in [2.05, 4.69) is 13.8 Å². The van der Waals surface area contributed by atoms with E-state index in [4.69, 9.17) is 14.3 Å². The number of rotatable bonds is 11. The van der Waals surface area contributed by atoms with Crippen molar-refractivity contribution in [3.05, 3.63) is 89.7 Å². The van der Waals surface area contributed by atoms with Crippen LogP contribution in [0.2, 0.25) is 0 Å². The Morgan fingerprint density at radius 3 is 1.94 bits per heavy atom. The number of hydrogen-bond donors (Lipinski definition) is 1. The summed E-state index contributed by atoms with van der Waals surface area (Å²) < 4.78 is 13.7. The van der Waals surface area contributed by atoms with Gasteiger partial charge in [-0.25, -0.2) is 0 Å². The zero-order valence-corrected chi connectivity index (χ0v) is 19.0. The van der Waals surface area contributed by atoms with Crippen LogP contribution in [0.25, 0.3) is 0 Å². The molecule has 164 valence electrons. The third-order valence-electron chi connectivity index (χ3n) is 4.61. The summed E-state index contributed by atoms with van der Waals surface area (Å²) in [5.41, 5.74) is 2.72. The number of hydrogen-bond acceptors (Lipinski definition) is 5. The van der Waals surface area contributed by atoms with Crippen molar-refractivity contribution in [2.45, 2.75) is 38.4 Å². The molecule has 1 aromatic heterocycles. The molecule has 0 spiro atoms. The van der Waals surface area contributed by atoms with E-state index in [0.29, 0.717) is 41.4 Å². The predicted molar refractivity (Wildman–Crippen MR) is 123 cm³/mol. The molecule has 2 aromatic carbocycles. The van der Waals surface area contributed by atoms with E-state index in [-0.39, 0.29) is 0 Å². The molecule has 0 aliphatic carbocycles. The Kier molecular flexibility index (Phi) is 8.62. The molecule has 31 heavy (non-hydrogen) atoms. The van der Waals surface area contributed by atoms with Gasteiger partial charge in [-0.05, 0) is 16.4 Å². The summed E-state index contributed by atoms with van der Waals surface area (Å²) in [6.07, 6.45) is 1.02. The Balaban J connectivity index is 1.86. The van der Waals surface area contributed by atoms with E-state index >= 15 is 0 Å². The fourth-order valence-electron chi connectivity index (χ4n) is 2.98. The lowest BCUT2D eigenvalue weighted by atomic mass is 10.2. The molecule has 0 fully saturated rings. The molecule has 0 radical (unpaired) electrons. The number of thioether (sulfide) groups is 1. The normalized spacial score (nSPS) is 11.9. The Labute approximate surface area is 188 Å². The predicted octanol–water partition coefficient (Wildman–Crippen LogP) is 4.37. The quantitative estimate of drug-likeness (QED) is 0.449. The minimum Gasteiger partial charge on any atom is -0.485 e. The van der Waals surface area contributed by atoms with E-state index in [9.17, 15) is 5.11 Å². The minimum absolute atomic E-state index is 0.399. The van der Waals surface area contributed by atoms with Gasteiger partial charge in [0.2, 0.25) is 5.75 Å². The van der Waals surface area contributed by atoms with Crippen molar-refractivity contribution in [2.75, 3.05) is 12.9 Å². The van der Waals surface area contributed by atoms with Crippen LogP contribution in [0.1, 0.15) is 36.8 Å². The third-order valence-corrected chi connectivity index (χ3v) is 5.79. The van der Waals surface area contributed by atoms with Crippen molar-refractivity contribution in [1.82, 2.24) is 0 Å². The van der Waals surface area contributed by atoms with E-state index < -0.39 is 6.10 Å². The molecule has 0 saturated heterocycles. The summed E-state index contributed by atoms with van der Waals surface area (Å²) in [5, 5.41) is 11.2. The van der Waals surface area contributed by atoms with E-state index in [1.807, 2.05) is 60.7 Å². The summed E-state index contributed by atoms with van der Waals surface area (Å²) in [6, 6.07) is 21.7. The first-order valence-corrected chi connectivity index (χ1v) is 11.4. The van der Waals surface area contributed by atoms with Crippen molar-refractivity contribution in [2.24, 2.45) is 0 Å². The second-order valence-electron chi connectivity index (χ2n) is 7.38. The van der Waals surface area contributed by atoms with Crippen molar-refractivity contribution in [3.63, 3.8) is 0 Å². The molecule has 5 nitrogen and oxygen atoms in total. The Morgan fingerprint density at radius 1 is 0.871 bits per heavy atom. The molecule has 0 aliphatic rings. The number of ether oxygens (including phenoxy) is 2. The first-order chi connectivity index (χ1) is 15.1. The molecule has 1 heterocycles. The Morgan fingerprint density at radius 2 is 1.42 bits per heavy atom. The number of aliphatic hydroxyl groups is 1. The molecule has 1 atom stereocenters. The van der Waals surface area contributed by atoms with Gasteiger partial charge in [-0.3, -0.25) is 4.84 Å². The number of aromatic nitrogens is 1. The molecule has 0 amide bonds. The molecular formula is C25H30NO4S+. The largest absolute Gasteiger partial charge is 0.485 e. The maximum atomic E-state index is 10.8. The van der Waals surface area contributed by atoms with Gasteiger partial charge >= 0.3 is 0 Å². The van der Waals surface area contributed by atoms with Crippen LogP contribution >= 0.6 is 11.8 Å². The molecule has 0 aliphatic heterocycles.